The van der Waals surface area contributed by atoms with Crippen LogP contribution in [0.15, 0.2) is 90.1 Å². The van der Waals surface area contributed by atoms with Gasteiger partial charge < -0.3 is 14.6 Å². The van der Waals surface area contributed by atoms with E-state index in [4.69, 9.17) is 4.98 Å². The summed E-state index contributed by atoms with van der Waals surface area (Å²) in [6, 6.07) is 27.3. The molecule has 1 amide bonds. The van der Waals surface area contributed by atoms with E-state index in [0.717, 1.165) is 47.2 Å². The van der Waals surface area contributed by atoms with Gasteiger partial charge in [0.05, 0.1) is 17.0 Å². The van der Waals surface area contributed by atoms with Crippen LogP contribution in [0.3, 0.4) is 0 Å². The van der Waals surface area contributed by atoms with Crippen molar-refractivity contribution < 1.29 is 14.7 Å². The molecule has 7 heteroatoms. The van der Waals surface area contributed by atoms with Crippen LogP contribution in [0.1, 0.15) is 63.1 Å². The standard InChI is InChI=1S/C33H37N3O3S/c1-33(2,3)29(31(38)39)36-27-18-11-10-17-26(27)34-32(36)40-22-12-21-35(25-19-20-25)30(37)28(23-13-6-4-7-14-23)24-15-8-5-9-16-24/h4-11,13-18,25,28-29H,12,19-22H2,1-3H3,(H,38,39). The predicted octanol–water partition coefficient (Wildman–Crippen LogP) is 7.01. The normalized spacial score (nSPS) is 14.4. The first kappa shape index (κ1) is 28.0. The third kappa shape index (κ3) is 6.09. The zero-order chi connectivity index (χ0) is 28.3. The molecule has 1 atom stereocenters. The van der Waals surface area contributed by atoms with Gasteiger partial charge in [-0.25, -0.2) is 9.78 Å². The van der Waals surface area contributed by atoms with Gasteiger partial charge in [0.2, 0.25) is 5.91 Å². The zero-order valence-corrected chi connectivity index (χ0v) is 24.2. The first-order valence-corrected chi connectivity index (χ1v) is 15.0. The Morgan fingerprint density at radius 3 is 2.08 bits per heavy atom. The lowest BCUT2D eigenvalue weighted by Gasteiger charge is -2.30. The maximum Gasteiger partial charge on any atom is 0.327 e. The van der Waals surface area contributed by atoms with E-state index in [1.807, 2.05) is 110 Å². The molecule has 1 fully saturated rings. The van der Waals surface area contributed by atoms with Crippen LogP contribution in [0.25, 0.3) is 11.0 Å². The summed E-state index contributed by atoms with van der Waals surface area (Å²) in [4.78, 5) is 33.4. The van der Waals surface area contributed by atoms with Crippen molar-refractivity contribution in [1.82, 2.24) is 14.5 Å². The predicted molar refractivity (Wildman–Crippen MR) is 161 cm³/mol. The molecule has 1 saturated carbocycles. The molecule has 0 spiro atoms. The Labute approximate surface area is 240 Å². The monoisotopic (exact) mass is 555 g/mol. The molecular formula is C33H37N3O3S. The minimum absolute atomic E-state index is 0.149. The van der Waals surface area contributed by atoms with Gasteiger partial charge in [-0.1, -0.05) is 105 Å². The Bertz CT molecular complexity index is 1420. The van der Waals surface area contributed by atoms with Crippen molar-refractivity contribution in [2.75, 3.05) is 12.3 Å². The molecule has 6 nitrogen and oxygen atoms in total. The number of carbonyl (C=O) groups is 2. The number of thioether (sulfide) groups is 1. The Kier molecular flexibility index (Phi) is 8.31. The average molecular weight is 556 g/mol. The largest absolute Gasteiger partial charge is 0.480 e. The first-order chi connectivity index (χ1) is 19.3. The lowest BCUT2D eigenvalue weighted by molar-refractivity contribution is -0.144. The van der Waals surface area contributed by atoms with Gasteiger partial charge in [-0.3, -0.25) is 4.79 Å². The fourth-order valence-corrected chi connectivity index (χ4v) is 6.40. The first-order valence-electron chi connectivity index (χ1n) is 14.0. The second-order valence-electron chi connectivity index (χ2n) is 11.6. The van der Waals surface area contributed by atoms with E-state index in [-0.39, 0.29) is 17.9 Å². The van der Waals surface area contributed by atoms with Gasteiger partial charge in [-0.05, 0) is 47.9 Å². The van der Waals surface area contributed by atoms with E-state index in [0.29, 0.717) is 11.7 Å². The summed E-state index contributed by atoms with van der Waals surface area (Å²) in [6.07, 6.45) is 2.87. The van der Waals surface area contributed by atoms with Crippen molar-refractivity contribution in [3.05, 3.63) is 96.1 Å². The van der Waals surface area contributed by atoms with Gasteiger partial charge in [0.25, 0.3) is 0 Å². The molecule has 1 aliphatic carbocycles. The Hall–Kier alpha value is -3.58. The Morgan fingerprint density at radius 1 is 0.950 bits per heavy atom. The fraction of sp³-hybridized carbons (Fsp3) is 0.364. The van der Waals surface area contributed by atoms with E-state index in [9.17, 15) is 14.7 Å². The van der Waals surface area contributed by atoms with Crippen molar-refractivity contribution in [1.29, 1.82) is 0 Å². The summed E-state index contributed by atoms with van der Waals surface area (Å²) in [5.74, 6) is -0.313. The van der Waals surface area contributed by atoms with Crippen molar-refractivity contribution in [2.45, 2.75) is 63.2 Å². The molecule has 1 heterocycles. The number of aromatic nitrogens is 2. The quantitative estimate of drug-likeness (QED) is 0.159. The van der Waals surface area contributed by atoms with E-state index in [1.165, 1.54) is 0 Å². The van der Waals surface area contributed by atoms with Gasteiger partial charge in [-0.15, -0.1) is 0 Å². The molecule has 0 bridgehead atoms. The fourth-order valence-electron chi connectivity index (χ4n) is 5.43. The number of rotatable bonds is 11. The molecule has 0 saturated heterocycles. The molecule has 1 aromatic heterocycles. The van der Waals surface area contributed by atoms with Gasteiger partial charge in [0.1, 0.15) is 6.04 Å². The second kappa shape index (κ2) is 11.9. The van der Waals surface area contributed by atoms with Crippen molar-refractivity contribution in [3.8, 4) is 0 Å². The van der Waals surface area contributed by atoms with Gasteiger partial charge in [0, 0.05) is 18.3 Å². The SMILES string of the molecule is CC(C)(C)C(C(=O)O)n1c(SCCCN(C(=O)C(c2ccccc2)c2ccccc2)C2CC2)nc2ccccc21. The van der Waals surface area contributed by atoms with Gasteiger partial charge in [0.15, 0.2) is 5.16 Å². The van der Waals surface area contributed by atoms with Gasteiger partial charge >= 0.3 is 5.97 Å². The van der Waals surface area contributed by atoms with Crippen LogP contribution in [0.2, 0.25) is 0 Å². The van der Waals surface area contributed by atoms with Crippen molar-refractivity contribution >= 4 is 34.7 Å². The number of fused-ring (bicyclic) bond motifs is 1. The zero-order valence-electron chi connectivity index (χ0n) is 23.4. The minimum atomic E-state index is -0.865. The molecule has 0 radical (unpaired) electrons. The number of aliphatic carboxylic acids is 1. The highest BCUT2D eigenvalue weighted by Crippen LogP contribution is 2.38. The summed E-state index contributed by atoms with van der Waals surface area (Å²) < 4.78 is 1.88. The Balaban J connectivity index is 1.34. The number of amides is 1. The number of hydrogen-bond acceptors (Lipinski definition) is 4. The number of hydrogen-bond donors (Lipinski definition) is 1. The molecule has 5 rings (SSSR count). The number of carboxylic acid groups (broad SMARTS) is 1. The van der Waals surface area contributed by atoms with Crippen molar-refractivity contribution in [3.63, 3.8) is 0 Å². The summed E-state index contributed by atoms with van der Waals surface area (Å²) in [5.41, 5.74) is 3.15. The van der Waals surface area contributed by atoms with E-state index in [2.05, 4.69) is 4.90 Å². The highest BCUT2D eigenvalue weighted by molar-refractivity contribution is 7.99. The molecule has 1 unspecified atom stereocenters. The van der Waals surface area contributed by atoms with Crippen LogP contribution >= 0.6 is 11.8 Å². The summed E-state index contributed by atoms with van der Waals surface area (Å²) >= 11 is 1.57. The maximum absolute atomic E-state index is 14.1. The maximum atomic E-state index is 14.1. The summed E-state index contributed by atoms with van der Waals surface area (Å²) in [6.45, 7) is 6.51. The number of para-hydroxylation sites is 2. The number of nitrogens with zero attached hydrogens (tertiary/aromatic N) is 3. The minimum Gasteiger partial charge on any atom is -0.480 e. The van der Waals surface area contributed by atoms with Crippen LogP contribution < -0.4 is 0 Å². The van der Waals surface area contributed by atoms with Crippen molar-refractivity contribution in [2.24, 2.45) is 5.41 Å². The van der Waals surface area contributed by atoms with E-state index >= 15 is 0 Å². The molecule has 1 N–H and O–H groups in total. The highest BCUT2D eigenvalue weighted by Gasteiger charge is 2.37. The number of carboxylic acids is 1. The van der Waals surface area contributed by atoms with Gasteiger partial charge in [-0.2, -0.15) is 0 Å². The molecule has 3 aromatic carbocycles. The van der Waals surface area contributed by atoms with Crippen LogP contribution in [-0.2, 0) is 9.59 Å². The molecule has 0 aliphatic heterocycles. The lowest BCUT2D eigenvalue weighted by Crippen LogP contribution is -2.38. The van der Waals surface area contributed by atoms with Crippen LogP contribution in [0, 0.1) is 5.41 Å². The summed E-state index contributed by atoms with van der Waals surface area (Å²) in [5, 5.41) is 10.9. The lowest BCUT2D eigenvalue weighted by atomic mass is 9.86. The van der Waals surface area contributed by atoms with Crippen LogP contribution in [-0.4, -0.2) is 49.8 Å². The highest BCUT2D eigenvalue weighted by atomic mass is 32.2. The molecule has 4 aromatic rings. The molecular weight excluding hydrogens is 518 g/mol. The number of imidazole rings is 1. The third-order valence-electron chi connectivity index (χ3n) is 7.43. The summed E-state index contributed by atoms with van der Waals surface area (Å²) in [7, 11) is 0. The number of benzene rings is 3. The molecule has 1 aliphatic rings. The number of carbonyl (C=O) groups excluding carboxylic acids is 1. The molecule has 208 valence electrons. The third-order valence-corrected chi connectivity index (χ3v) is 8.47. The second-order valence-corrected chi connectivity index (χ2v) is 12.6. The topological polar surface area (TPSA) is 75.4 Å². The van der Waals surface area contributed by atoms with E-state index in [1.54, 1.807) is 11.8 Å². The smallest absolute Gasteiger partial charge is 0.327 e. The Morgan fingerprint density at radius 2 is 1.52 bits per heavy atom. The van der Waals surface area contributed by atoms with Crippen LogP contribution in [0.4, 0.5) is 0 Å². The van der Waals surface area contributed by atoms with E-state index < -0.39 is 17.4 Å². The van der Waals surface area contributed by atoms with Crippen LogP contribution in [0.5, 0.6) is 0 Å². The average Bonchev–Trinajstić information content (AvgIpc) is 3.71. The molecule has 40 heavy (non-hydrogen) atoms.